The highest BCUT2D eigenvalue weighted by atomic mass is 19.2. The van der Waals surface area contributed by atoms with Crippen molar-refractivity contribution < 1.29 is 9.28 Å². The van der Waals surface area contributed by atoms with Gasteiger partial charge in [-0.05, 0) is 0 Å². The lowest BCUT2D eigenvalue weighted by atomic mass is 10.2. The molecule has 0 amide bonds. The van der Waals surface area contributed by atoms with Crippen LogP contribution in [0.3, 0.4) is 0 Å². The summed E-state index contributed by atoms with van der Waals surface area (Å²) in [5.41, 5.74) is -1.28. The molecule has 1 N–H and O–H groups in total. The van der Waals surface area contributed by atoms with Gasteiger partial charge in [0, 0.05) is 17.8 Å². The zero-order chi connectivity index (χ0) is 12.7. The fraction of sp³-hybridized carbons (Fsp3) is 0. The topological polar surface area (TPSA) is 71.9 Å². The fourth-order valence-electron chi connectivity index (χ4n) is 0.938. The van der Waals surface area contributed by atoms with Crippen LogP contribution in [0.5, 0.6) is 0 Å². The first-order valence-electron chi connectivity index (χ1n) is 4.62. The summed E-state index contributed by atoms with van der Waals surface area (Å²) >= 11 is 0. The predicted molar refractivity (Wildman–Crippen MR) is 59.7 cm³/mol. The monoisotopic (exact) mass is 236 g/mol. The molecule has 0 bridgehead atoms. The van der Waals surface area contributed by atoms with E-state index < -0.39 is 16.0 Å². The van der Waals surface area contributed by atoms with Crippen LogP contribution in [0.25, 0.3) is 0 Å². The standard InChI is InChI=1S/C7H6O.C4H3FN2O2/c8-6-7-4-2-1-3-5-7;5-7-3(8)1-2-6-4(7)9/h1-6H;1-2H,(H,6,9). The van der Waals surface area contributed by atoms with Crippen molar-refractivity contribution in [2.24, 2.45) is 0 Å². The van der Waals surface area contributed by atoms with Crippen molar-refractivity contribution in [1.82, 2.24) is 9.77 Å². The Hall–Kier alpha value is -2.50. The molecule has 0 fully saturated rings. The Balaban J connectivity index is 0.000000171. The second-order valence-corrected chi connectivity index (χ2v) is 2.93. The zero-order valence-corrected chi connectivity index (χ0v) is 8.67. The van der Waals surface area contributed by atoms with Crippen molar-refractivity contribution in [2.75, 3.05) is 0 Å². The van der Waals surface area contributed by atoms with Crippen LogP contribution < -0.4 is 11.2 Å². The molecule has 0 saturated heterocycles. The van der Waals surface area contributed by atoms with Crippen LogP contribution in [0.1, 0.15) is 10.4 Å². The molecule has 0 spiro atoms. The van der Waals surface area contributed by atoms with Crippen LogP contribution in [-0.2, 0) is 0 Å². The molecule has 1 aromatic heterocycles. The Morgan fingerprint density at radius 1 is 1.12 bits per heavy atom. The predicted octanol–water partition coefficient (Wildman–Crippen LogP) is 0.768. The number of benzene rings is 1. The number of halogens is 1. The number of nitrogens with one attached hydrogen (secondary N) is 1. The van der Waals surface area contributed by atoms with E-state index >= 15 is 0 Å². The van der Waals surface area contributed by atoms with E-state index in [1.54, 1.807) is 12.1 Å². The maximum absolute atomic E-state index is 12.0. The van der Waals surface area contributed by atoms with Gasteiger partial charge in [-0.1, -0.05) is 39.6 Å². The molecule has 0 saturated carbocycles. The van der Waals surface area contributed by atoms with E-state index in [-0.39, 0.29) is 0 Å². The molecule has 0 radical (unpaired) electrons. The molecule has 2 aromatic rings. The molecule has 0 aliphatic rings. The van der Waals surface area contributed by atoms with Crippen LogP contribution in [0.2, 0.25) is 0 Å². The Bertz CT molecular complexity index is 561. The minimum absolute atomic E-state index is 0.500. The van der Waals surface area contributed by atoms with Gasteiger partial charge in [-0.25, -0.2) is 4.79 Å². The van der Waals surface area contributed by atoms with Crippen molar-refractivity contribution in [3.8, 4) is 0 Å². The number of rotatable bonds is 1. The Morgan fingerprint density at radius 2 is 1.76 bits per heavy atom. The Kier molecular flexibility index (Phi) is 4.56. The van der Waals surface area contributed by atoms with Gasteiger partial charge in [0.05, 0.1) is 0 Å². The van der Waals surface area contributed by atoms with Crippen molar-refractivity contribution >= 4 is 6.29 Å². The van der Waals surface area contributed by atoms with Gasteiger partial charge < -0.3 is 4.98 Å². The molecule has 1 heterocycles. The highest BCUT2D eigenvalue weighted by molar-refractivity contribution is 5.74. The summed E-state index contributed by atoms with van der Waals surface area (Å²) in [4.78, 5) is 31.9. The van der Waals surface area contributed by atoms with Gasteiger partial charge in [-0.15, -0.1) is 0 Å². The number of nitrogens with zero attached hydrogens (tertiary/aromatic N) is 1. The van der Waals surface area contributed by atoms with E-state index in [4.69, 9.17) is 0 Å². The average molecular weight is 236 g/mol. The number of carbonyl (C=O) groups excluding carboxylic acids is 1. The minimum atomic E-state index is -1.05. The summed E-state index contributed by atoms with van der Waals surface area (Å²) in [7, 11) is 0. The molecular weight excluding hydrogens is 227 g/mol. The molecule has 0 aliphatic carbocycles. The van der Waals surface area contributed by atoms with Gasteiger partial charge in [-0.3, -0.25) is 9.59 Å². The lowest BCUT2D eigenvalue weighted by Gasteiger charge is -1.83. The number of hydrogen-bond donors (Lipinski definition) is 1. The highest BCUT2D eigenvalue weighted by Crippen LogP contribution is 1.91. The molecule has 0 unspecified atom stereocenters. The van der Waals surface area contributed by atoms with Gasteiger partial charge in [0.25, 0.3) is 5.56 Å². The third-order valence-electron chi connectivity index (χ3n) is 1.74. The number of carbonyl (C=O) groups is 1. The molecule has 0 atom stereocenters. The first-order valence-corrected chi connectivity index (χ1v) is 4.62. The second kappa shape index (κ2) is 6.16. The van der Waals surface area contributed by atoms with Crippen molar-refractivity contribution in [3.63, 3.8) is 0 Å². The smallest absolute Gasteiger partial charge is 0.312 e. The molecule has 2 rings (SSSR count). The summed E-state index contributed by atoms with van der Waals surface area (Å²) in [6.45, 7) is 0. The molecule has 0 aliphatic heterocycles. The van der Waals surface area contributed by atoms with E-state index in [2.05, 4.69) is 0 Å². The minimum Gasteiger partial charge on any atom is -0.312 e. The van der Waals surface area contributed by atoms with Crippen molar-refractivity contribution in [1.29, 1.82) is 0 Å². The first-order chi connectivity index (χ1) is 8.15. The summed E-state index contributed by atoms with van der Waals surface area (Å²) in [5.74, 6) is 0. The van der Waals surface area contributed by atoms with E-state index in [1.807, 2.05) is 23.2 Å². The normalized spacial score (nSPS) is 9.00. The van der Waals surface area contributed by atoms with E-state index in [9.17, 15) is 18.9 Å². The lowest BCUT2D eigenvalue weighted by Crippen LogP contribution is -2.28. The van der Waals surface area contributed by atoms with E-state index in [0.717, 1.165) is 24.1 Å². The van der Waals surface area contributed by atoms with E-state index in [0.29, 0.717) is 0 Å². The summed E-state index contributed by atoms with van der Waals surface area (Å²) < 4.78 is 12.0. The van der Waals surface area contributed by atoms with Crippen LogP contribution in [-0.4, -0.2) is 16.1 Å². The van der Waals surface area contributed by atoms with Crippen molar-refractivity contribution in [2.45, 2.75) is 0 Å². The third-order valence-corrected chi connectivity index (χ3v) is 1.74. The number of aldehydes is 1. The SMILES string of the molecule is O=Cc1ccccc1.O=c1cc[nH]c(=O)n1F. The maximum atomic E-state index is 12.0. The lowest BCUT2D eigenvalue weighted by molar-refractivity contribution is 0.112. The zero-order valence-electron chi connectivity index (χ0n) is 8.67. The third kappa shape index (κ3) is 3.86. The maximum Gasteiger partial charge on any atom is 0.357 e. The van der Waals surface area contributed by atoms with Gasteiger partial charge in [0.1, 0.15) is 6.29 Å². The van der Waals surface area contributed by atoms with Gasteiger partial charge >= 0.3 is 5.69 Å². The molecule has 17 heavy (non-hydrogen) atoms. The molecule has 1 aromatic carbocycles. The largest absolute Gasteiger partial charge is 0.357 e. The number of aromatic nitrogens is 2. The summed E-state index contributed by atoms with van der Waals surface area (Å²) in [5, 5.41) is 0. The summed E-state index contributed by atoms with van der Waals surface area (Å²) in [6.07, 6.45) is 1.92. The van der Waals surface area contributed by atoms with Crippen LogP contribution in [0, 0.1) is 0 Å². The number of H-pyrrole nitrogens is 1. The first kappa shape index (κ1) is 12.6. The van der Waals surface area contributed by atoms with Crippen LogP contribution in [0.4, 0.5) is 4.48 Å². The van der Waals surface area contributed by atoms with Crippen LogP contribution >= 0.6 is 0 Å². The Morgan fingerprint density at radius 3 is 2.18 bits per heavy atom. The van der Waals surface area contributed by atoms with Crippen molar-refractivity contribution in [3.05, 3.63) is 69.0 Å². The van der Waals surface area contributed by atoms with Gasteiger partial charge in [-0.2, -0.15) is 0 Å². The summed E-state index contributed by atoms with van der Waals surface area (Å²) in [6, 6.07) is 10.0. The quantitative estimate of drug-likeness (QED) is 0.743. The fourth-order valence-corrected chi connectivity index (χ4v) is 0.938. The van der Waals surface area contributed by atoms with E-state index in [1.165, 1.54) is 0 Å². The van der Waals surface area contributed by atoms with Crippen LogP contribution in [0.15, 0.2) is 52.2 Å². The highest BCUT2D eigenvalue weighted by Gasteiger charge is 1.93. The molecular formula is C11H9FN2O3. The number of hydrogen-bond acceptors (Lipinski definition) is 3. The number of aromatic amines is 1. The molecule has 88 valence electrons. The second-order valence-electron chi connectivity index (χ2n) is 2.93. The van der Waals surface area contributed by atoms with Gasteiger partial charge in [0.2, 0.25) is 0 Å². The Labute approximate surface area is 95.1 Å². The van der Waals surface area contributed by atoms with Gasteiger partial charge in [0.15, 0.2) is 0 Å². The average Bonchev–Trinajstić information content (AvgIpc) is 2.37. The molecule has 6 heteroatoms. The molecule has 5 nitrogen and oxygen atoms in total.